The van der Waals surface area contributed by atoms with E-state index in [1.54, 1.807) is 0 Å². The number of hydrogen-bond donors (Lipinski definition) is 1. The summed E-state index contributed by atoms with van der Waals surface area (Å²) in [7, 11) is 0. The van der Waals surface area contributed by atoms with Crippen LogP contribution in [-0.4, -0.2) is 32.5 Å². The van der Waals surface area contributed by atoms with Crippen LogP contribution in [0.15, 0.2) is 12.2 Å². The molecule has 0 aliphatic heterocycles. The first-order valence-corrected chi connectivity index (χ1v) is 4.02. The molecule has 0 bridgehead atoms. The van der Waals surface area contributed by atoms with Crippen LogP contribution in [0.1, 0.15) is 6.92 Å². The third kappa shape index (κ3) is 11.5. The molecule has 0 fully saturated rings. The number of allylic oxidation sites excluding steroid dienone is 1. The maximum atomic E-state index is 11.5. The lowest BCUT2D eigenvalue weighted by Gasteiger charge is -2.07. The van der Waals surface area contributed by atoms with E-state index >= 15 is 0 Å². The summed E-state index contributed by atoms with van der Waals surface area (Å²) in [6.07, 6.45) is -0.476. The Hall–Kier alpha value is -0.550. The second kappa shape index (κ2) is 6.91. The molecule has 0 radical (unpaired) electrons. The van der Waals surface area contributed by atoms with Gasteiger partial charge in [-0.15, -0.1) is 0 Å². The van der Waals surface area contributed by atoms with E-state index in [2.05, 4.69) is 10.1 Å². The molecule has 0 saturated heterocycles. The Balaban J connectivity index is 3.09. The number of alkyl halides is 3. The SMILES string of the molecule is C/C=C/CNCCOCC(F)(F)F. The molecule has 78 valence electrons. The van der Waals surface area contributed by atoms with Crippen molar-refractivity contribution in [3.05, 3.63) is 12.2 Å². The van der Waals surface area contributed by atoms with Gasteiger partial charge in [0.15, 0.2) is 0 Å². The summed E-state index contributed by atoms with van der Waals surface area (Å²) in [5.74, 6) is 0. The Labute approximate surface area is 75.8 Å². The second-order valence-electron chi connectivity index (χ2n) is 2.44. The summed E-state index contributed by atoms with van der Waals surface area (Å²) in [5, 5.41) is 2.89. The highest BCUT2D eigenvalue weighted by molar-refractivity contribution is 4.78. The van der Waals surface area contributed by atoms with E-state index in [4.69, 9.17) is 0 Å². The van der Waals surface area contributed by atoms with Crippen molar-refractivity contribution >= 4 is 0 Å². The van der Waals surface area contributed by atoms with Crippen molar-refractivity contribution < 1.29 is 17.9 Å². The molecule has 2 nitrogen and oxygen atoms in total. The highest BCUT2D eigenvalue weighted by atomic mass is 19.4. The average molecular weight is 197 g/mol. The van der Waals surface area contributed by atoms with Crippen molar-refractivity contribution in [2.24, 2.45) is 0 Å². The molecule has 0 saturated carbocycles. The Morgan fingerprint density at radius 3 is 2.62 bits per heavy atom. The number of halogens is 3. The van der Waals surface area contributed by atoms with Crippen molar-refractivity contribution in [1.29, 1.82) is 0 Å². The fraction of sp³-hybridized carbons (Fsp3) is 0.750. The molecule has 0 spiro atoms. The van der Waals surface area contributed by atoms with Crippen molar-refractivity contribution in [2.45, 2.75) is 13.1 Å². The topological polar surface area (TPSA) is 21.3 Å². The molecule has 0 aromatic heterocycles. The van der Waals surface area contributed by atoms with E-state index in [1.807, 2.05) is 19.1 Å². The molecule has 1 N–H and O–H groups in total. The van der Waals surface area contributed by atoms with Gasteiger partial charge in [-0.3, -0.25) is 0 Å². The summed E-state index contributed by atoms with van der Waals surface area (Å²) >= 11 is 0. The Morgan fingerprint density at radius 2 is 2.08 bits per heavy atom. The van der Waals surface area contributed by atoms with E-state index < -0.39 is 12.8 Å². The van der Waals surface area contributed by atoms with Crippen molar-refractivity contribution in [2.75, 3.05) is 26.3 Å². The molecular weight excluding hydrogens is 183 g/mol. The van der Waals surface area contributed by atoms with Gasteiger partial charge >= 0.3 is 6.18 Å². The number of nitrogens with one attached hydrogen (secondary N) is 1. The fourth-order valence-electron chi connectivity index (χ4n) is 0.635. The normalized spacial score (nSPS) is 12.6. The van der Waals surface area contributed by atoms with Crippen molar-refractivity contribution in [1.82, 2.24) is 5.32 Å². The highest BCUT2D eigenvalue weighted by Gasteiger charge is 2.26. The first-order chi connectivity index (χ1) is 6.06. The summed E-state index contributed by atoms with van der Waals surface area (Å²) in [5.41, 5.74) is 0. The van der Waals surface area contributed by atoms with Crippen LogP contribution in [0.4, 0.5) is 13.2 Å². The van der Waals surface area contributed by atoms with Crippen LogP contribution >= 0.6 is 0 Å². The van der Waals surface area contributed by atoms with E-state index in [0.29, 0.717) is 13.1 Å². The van der Waals surface area contributed by atoms with Crippen LogP contribution in [0.25, 0.3) is 0 Å². The van der Waals surface area contributed by atoms with Gasteiger partial charge in [0.2, 0.25) is 0 Å². The first kappa shape index (κ1) is 12.4. The summed E-state index contributed by atoms with van der Waals surface area (Å²) in [6, 6.07) is 0. The van der Waals surface area contributed by atoms with Crippen LogP contribution in [0.3, 0.4) is 0 Å². The molecule has 0 aromatic rings. The zero-order valence-electron chi connectivity index (χ0n) is 7.53. The second-order valence-corrected chi connectivity index (χ2v) is 2.44. The maximum absolute atomic E-state index is 11.5. The van der Waals surface area contributed by atoms with Crippen molar-refractivity contribution in [3.63, 3.8) is 0 Å². The van der Waals surface area contributed by atoms with Gasteiger partial charge in [0.25, 0.3) is 0 Å². The van der Waals surface area contributed by atoms with Crippen LogP contribution < -0.4 is 5.32 Å². The number of ether oxygens (including phenoxy) is 1. The Bertz CT molecular complexity index is 145. The minimum Gasteiger partial charge on any atom is -0.371 e. The van der Waals surface area contributed by atoms with Crippen LogP contribution in [0.5, 0.6) is 0 Å². The lowest BCUT2D eigenvalue weighted by Crippen LogP contribution is -2.23. The van der Waals surface area contributed by atoms with Gasteiger partial charge in [0, 0.05) is 13.1 Å². The highest BCUT2D eigenvalue weighted by Crippen LogP contribution is 2.13. The van der Waals surface area contributed by atoms with E-state index in [-0.39, 0.29) is 6.61 Å². The molecule has 0 heterocycles. The van der Waals surface area contributed by atoms with E-state index in [1.165, 1.54) is 0 Å². The molecule has 5 heteroatoms. The largest absolute Gasteiger partial charge is 0.411 e. The number of hydrogen-bond acceptors (Lipinski definition) is 2. The van der Waals surface area contributed by atoms with E-state index in [9.17, 15) is 13.2 Å². The van der Waals surface area contributed by atoms with Crippen LogP contribution in [0, 0.1) is 0 Å². The van der Waals surface area contributed by atoms with Crippen LogP contribution in [0.2, 0.25) is 0 Å². The minimum absolute atomic E-state index is 0.0804. The standard InChI is InChI=1S/C8H14F3NO/c1-2-3-4-12-5-6-13-7-8(9,10)11/h2-3,12H,4-7H2,1H3/b3-2+. The number of rotatable bonds is 6. The van der Waals surface area contributed by atoms with Gasteiger partial charge in [-0.2, -0.15) is 13.2 Å². The summed E-state index contributed by atoms with van der Waals surface area (Å²) in [4.78, 5) is 0. The zero-order valence-corrected chi connectivity index (χ0v) is 7.53. The molecule has 0 aliphatic carbocycles. The van der Waals surface area contributed by atoms with Gasteiger partial charge in [0.05, 0.1) is 6.61 Å². The molecule has 0 atom stereocenters. The third-order valence-corrected chi connectivity index (χ3v) is 1.19. The monoisotopic (exact) mass is 197 g/mol. The Morgan fingerprint density at radius 1 is 1.38 bits per heavy atom. The smallest absolute Gasteiger partial charge is 0.371 e. The zero-order chi connectivity index (χ0) is 10.2. The molecule has 0 aromatic carbocycles. The summed E-state index contributed by atoms with van der Waals surface area (Å²) in [6.45, 7) is 1.88. The molecule has 0 unspecified atom stereocenters. The van der Waals surface area contributed by atoms with Gasteiger partial charge in [-0.1, -0.05) is 12.2 Å². The third-order valence-electron chi connectivity index (χ3n) is 1.19. The van der Waals surface area contributed by atoms with Crippen LogP contribution in [-0.2, 0) is 4.74 Å². The predicted octanol–water partition coefficient (Wildman–Crippen LogP) is 1.73. The van der Waals surface area contributed by atoms with Gasteiger partial charge in [-0.25, -0.2) is 0 Å². The molecular formula is C8H14F3NO. The lowest BCUT2D eigenvalue weighted by atomic mass is 10.5. The lowest BCUT2D eigenvalue weighted by molar-refractivity contribution is -0.173. The van der Waals surface area contributed by atoms with Gasteiger partial charge < -0.3 is 10.1 Å². The van der Waals surface area contributed by atoms with Gasteiger partial charge in [0.1, 0.15) is 6.61 Å². The molecule has 0 aliphatic rings. The summed E-state index contributed by atoms with van der Waals surface area (Å²) < 4.78 is 39.0. The molecule has 0 rings (SSSR count). The predicted molar refractivity (Wildman–Crippen MR) is 44.6 cm³/mol. The quantitative estimate of drug-likeness (QED) is 0.517. The van der Waals surface area contributed by atoms with Crippen molar-refractivity contribution in [3.8, 4) is 0 Å². The van der Waals surface area contributed by atoms with E-state index in [0.717, 1.165) is 0 Å². The van der Waals surface area contributed by atoms with Gasteiger partial charge in [-0.05, 0) is 6.92 Å². The average Bonchev–Trinajstić information content (AvgIpc) is 2.01. The molecule has 13 heavy (non-hydrogen) atoms. The minimum atomic E-state index is -4.22. The molecule has 0 amide bonds. The first-order valence-electron chi connectivity index (χ1n) is 4.02. The fourth-order valence-corrected chi connectivity index (χ4v) is 0.635. The Kier molecular flexibility index (Phi) is 6.62. The maximum Gasteiger partial charge on any atom is 0.411 e.